The number of hydrogen-bond donors (Lipinski definition) is 0. The fraction of sp³-hybridized carbons (Fsp3) is 0.333. The van der Waals surface area contributed by atoms with E-state index < -0.39 is 45.5 Å². The van der Waals surface area contributed by atoms with Crippen LogP contribution in [-0.4, -0.2) is 20.8 Å². The van der Waals surface area contributed by atoms with Gasteiger partial charge in [0.25, 0.3) is 0 Å². The smallest absolute Gasteiger partial charge is 0.228 e. The van der Waals surface area contributed by atoms with Crippen molar-refractivity contribution in [2.24, 2.45) is 0 Å². The lowest BCUT2D eigenvalue weighted by molar-refractivity contribution is -0.136. The molecule has 2 aromatic rings. The maximum atomic E-state index is 13.0. The first-order chi connectivity index (χ1) is 12.4. The van der Waals surface area contributed by atoms with Gasteiger partial charge in [0.1, 0.15) is 0 Å². The molecule has 9 heteroatoms. The van der Waals surface area contributed by atoms with Crippen LogP contribution in [0.2, 0.25) is 0 Å². The predicted molar refractivity (Wildman–Crippen MR) is 88.6 cm³/mol. The second kappa shape index (κ2) is 7.92. The fourth-order valence-electron chi connectivity index (χ4n) is 2.80. The third-order valence-electron chi connectivity index (χ3n) is 3.97. The van der Waals surface area contributed by atoms with Crippen LogP contribution in [0.5, 0.6) is 0 Å². The van der Waals surface area contributed by atoms with Gasteiger partial charge in [0.15, 0.2) is 9.84 Å². The van der Waals surface area contributed by atoms with Crippen LogP contribution in [0, 0.1) is 0 Å². The Hall–Kier alpha value is -2.03. The van der Waals surface area contributed by atoms with E-state index in [9.17, 15) is 34.8 Å². The van der Waals surface area contributed by atoms with Gasteiger partial charge in [-0.05, 0) is 11.1 Å². The summed E-state index contributed by atoms with van der Waals surface area (Å²) in [5.41, 5.74) is -0.393. The Morgan fingerprint density at radius 3 is 1.19 bits per heavy atom. The highest BCUT2D eigenvalue weighted by Gasteiger charge is 2.46. The molecule has 0 saturated heterocycles. The van der Waals surface area contributed by atoms with Crippen molar-refractivity contribution in [2.45, 2.75) is 35.7 Å². The maximum absolute atomic E-state index is 13.0. The molecule has 0 aliphatic rings. The van der Waals surface area contributed by atoms with E-state index in [-0.39, 0.29) is 11.1 Å². The van der Waals surface area contributed by atoms with Gasteiger partial charge in [-0.2, -0.15) is 26.3 Å². The maximum Gasteiger partial charge on any atom is 0.390 e. The topological polar surface area (TPSA) is 34.1 Å². The zero-order valence-corrected chi connectivity index (χ0v) is 14.7. The molecule has 2 rings (SSSR count). The van der Waals surface area contributed by atoms with E-state index in [0.29, 0.717) is 0 Å². The van der Waals surface area contributed by atoms with Crippen LogP contribution in [0.4, 0.5) is 26.3 Å². The van der Waals surface area contributed by atoms with Gasteiger partial charge in [-0.1, -0.05) is 60.7 Å². The Morgan fingerprint density at radius 1 is 0.630 bits per heavy atom. The Bertz CT molecular complexity index is 764. The number of sulfone groups is 1. The predicted octanol–water partition coefficient (Wildman–Crippen LogP) is 5.79. The van der Waals surface area contributed by atoms with Crippen molar-refractivity contribution < 1.29 is 34.8 Å². The van der Waals surface area contributed by atoms with Gasteiger partial charge >= 0.3 is 12.4 Å². The van der Waals surface area contributed by atoms with Crippen molar-refractivity contribution >= 4 is 9.84 Å². The third-order valence-corrected chi connectivity index (χ3v) is 6.43. The highest BCUT2D eigenvalue weighted by molar-refractivity contribution is 7.91. The van der Waals surface area contributed by atoms with Crippen molar-refractivity contribution in [1.82, 2.24) is 0 Å². The van der Waals surface area contributed by atoms with Crippen LogP contribution in [0.15, 0.2) is 60.7 Å². The quantitative estimate of drug-likeness (QED) is 0.565. The van der Waals surface area contributed by atoms with Gasteiger partial charge < -0.3 is 0 Å². The molecule has 2 unspecified atom stereocenters. The van der Waals surface area contributed by atoms with Crippen molar-refractivity contribution in [1.29, 1.82) is 0 Å². The molecular formula is C18H16F6O2S. The Balaban J connectivity index is 2.58. The summed E-state index contributed by atoms with van der Waals surface area (Å²) in [5.74, 6) is 0. The molecule has 0 radical (unpaired) electrons. The molecule has 0 aromatic heterocycles. The van der Waals surface area contributed by atoms with Crippen LogP contribution < -0.4 is 0 Å². The summed E-state index contributed by atoms with van der Waals surface area (Å²) in [6, 6.07) is 13.0. The molecule has 148 valence electrons. The number of alkyl halides is 6. The zero-order chi connectivity index (χ0) is 20.3. The first kappa shape index (κ1) is 21.3. The van der Waals surface area contributed by atoms with Gasteiger partial charge in [-0.3, -0.25) is 0 Å². The van der Waals surface area contributed by atoms with E-state index in [1.807, 2.05) is 0 Å². The minimum absolute atomic E-state index is 0.196. The number of rotatable bonds is 6. The highest BCUT2D eigenvalue weighted by atomic mass is 32.2. The molecular weight excluding hydrogens is 394 g/mol. The van der Waals surface area contributed by atoms with Crippen LogP contribution in [0.1, 0.15) is 34.5 Å². The summed E-state index contributed by atoms with van der Waals surface area (Å²) in [7, 11) is -4.88. The van der Waals surface area contributed by atoms with Crippen LogP contribution >= 0.6 is 0 Å². The van der Waals surface area contributed by atoms with Crippen LogP contribution in [-0.2, 0) is 9.84 Å². The summed E-state index contributed by atoms with van der Waals surface area (Å²) < 4.78 is 104. The molecule has 0 fully saturated rings. The molecule has 0 N–H and O–H groups in total. The van der Waals surface area contributed by atoms with E-state index in [0.717, 1.165) is 0 Å². The fourth-order valence-corrected chi connectivity index (χ4v) is 5.11. The van der Waals surface area contributed by atoms with Crippen molar-refractivity contribution in [3.63, 3.8) is 0 Å². The summed E-state index contributed by atoms with van der Waals surface area (Å²) in [4.78, 5) is 0. The van der Waals surface area contributed by atoms with Crippen molar-refractivity contribution in [3.8, 4) is 0 Å². The minimum Gasteiger partial charge on any atom is -0.228 e. The average molecular weight is 410 g/mol. The lowest BCUT2D eigenvalue weighted by Crippen LogP contribution is -2.28. The normalized spacial score (nSPS) is 15.3. The summed E-state index contributed by atoms with van der Waals surface area (Å²) in [5, 5.41) is -4.27. The number of halogens is 6. The van der Waals surface area contributed by atoms with Gasteiger partial charge in [-0.15, -0.1) is 0 Å². The summed E-state index contributed by atoms with van der Waals surface area (Å²) in [6.45, 7) is 0. The van der Waals surface area contributed by atoms with Gasteiger partial charge in [-0.25, -0.2) is 8.42 Å². The molecule has 2 aromatic carbocycles. The molecule has 0 bridgehead atoms. The molecule has 2 nitrogen and oxygen atoms in total. The molecule has 0 amide bonds. The van der Waals surface area contributed by atoms with Gasteiger partial charge in [0, 0.05) is 0 Å². The molecule has 0 saturated carbocycles. The second-order valence-corrected chi connectivity index (χ2v) is 8.34. The van der Waals surface area contributed by atoms with E-state index >= 15 is 0 Å². The van der Waals surface area contributed by atoms with Gasteiger partial charge in [0.2, 0.25) is 0 Å². The average Bonchev–Trinajstić information content (AvgIpc) is 2.57. The zero-order valence-electron chi connectivity index (χ0n) is 13.8. The van der Waals surface area contributed by atoms with Crippen LogP contribution in [0.3, 0.4) is 0 Å². The lowest BCUT2D eigenvalue weighted by atomic mass is 10.1. The Morgan fingerprint density at radius 2 is 0.926 bits per heavy atom. The van der Waals surface area contributed by atoms with Crippen molar-refractivity contribution in [2.75, 3.05) is 0 Å². The molecule has 0 aliphatic heterocycles. The third kappa shape index (κ3) is 5.98. The highest BCUT2D eigenvalue weighted by Crippen LogP contribution is 2.44. The number of benzene rings is 2. The molecule has 0 spiro atoms. The first-order valence-electron chi connectivity index (χ1n) is 7.86. The summed E-state index contributed by atoms with van der Waals surface area (Å²) >= 11 is 0. The van der Waals surface area contributed by atoms with E-state index in [1.165, 1.54) is 60.7 Å². The minimum atomic E-state index is -4.88. The van der Waals surface area contributed by atoms with Crippen LogP contribution in [0.25, 0.3) is 0 Å². The Labute approximate surface area is 152 Å². The molecule has 2 atom stereocenters. The Kier molecular flexibility index (Phi) is 6.24. The standard InChI is InChI=1S/C18H16F6O2S/c19-17(20,21)11-15(13-7-3-1-4-8-13)27(25,26)16(12-18(22,23)24)14-9-5-2-6-10-14/h1-10,15-16H,11-12H2. The molecule has 27 heavy (non-hydrogen) atoms. The second-order valence-electron chi connectivity index (χ2n) is 6.03. The monoisotopic (exact) mass is 410 g/mol. The van der Waals surface area contributed by atoms with E-state index in [4.69, 9.17) is 0 Å². The number of hydrogen-bond acceptors (Lipinski definition) is 2. The summed E-state index contributed by atoms with van der Waals surface area (Å²) in [6.07, 6.45) is -13.3. The first-order valence-corrected chi connectivity index (χ1v) is 9.47. The van der Waals surface area contributed by atoms with Gasteiger partial charge in [0.05, 0.1) is 23.3 Å². The lowest BCUT2D eigenvalue weighted by Gasteiger charge is -2.26. The van der Waals surface area contributed by atoms with E-state index in [1.54, 1.807) is 0 Å². The molecule has 0 aliphatic carbocycles. The molecule has 0 heterocycles. The SMILES string of the molecule is O=S(=O)(C(CC(F)(F)F)c1ccccc1)C(CC(F)(F)F)c1ccccc1. The largest absolute Gasteiger partial charge is 0.390 e. The van der Waals surface area contributed by atoms with E-state index in [2.05, 4.69) is 0 Å². The van der Waals surface area contributed by atoms with Crippen molar-refractivity contribution in [3.05, 3.63) is 71.8 Å².